The molecule has 0 aliphatic carbocycles. The number of aryl methyl sites for hydroxylation is 2. The zero-order valence-corrected chi connectivity index (χ0v) is 15.1. The van der Waals surface area contributed by atoms with Crippen LogP contribution in [0, 0.1) is 13.8 Å². The maximum atomic E-state index is 12.3. The van der Waals surface area contributed by atoms with Crippen LogP contribution in [0.5, 0.6) is 0 Å². The number of anilines is 1. The molecule has 5 nitrogen and oxygen atoms in total. The molecule has 1 atom stereocenters. The zero-order chi connectivity index (χ0) is 18.0. The van der Waals surface area contributed by atoms with Gasteiger partial charge in [0.2, 0.25) is 5.91 Å². The van der Waals surface area contributed by atoms with E-state index in [1.54, 1.807) is 19.1 Å². The van der Waals surface area contributed by atoms with Gasteiger partial charge in [-0.25, -0.2) is 4.98 Å². The number of nitrogens with one attached hydrogen (secondary N) is 2. The summed E-state index contributed by atoms with van der Waals surface area (Å²) in [5, 5.41) is 6.01. The van der Waals surface area contributed by atoms with Crippen LogP contribution in [-0.2, 0) is 4.79 Å². The van der Waals surface area contributed by atoms with E-state index in [0.29, 0.717) is 10.7 Å². The van der Waals surface area contributed by atoms with Gasteiger partial charge in [-0.3, -0.25) is 9.59 Å². The van der Waals surface area contributed by atoms with E-state index in [2.05, 4.69) is 15.6 Å². The summed E-state index contributed by atoms with van der Waals surface area (Å²) in [7, 11) is 0. The molecule has 0 aliphatic heterocycles. The SMILES string of the molecule is Cc1cccc(C(=O)N[C@@H](C)C(=O)Nc2nc3ccc(C)cc3s2)c1. The van der Waals surface area contributed by atoms with Gasteiger partial charge >= 0.3 is 0 Å². The molecule has 25 heavy (non-hydrogen) atoms. The van der Waals surface area contributed by atoms with Crippen molar-refractivity contribution in [1.82, 2.24) is 10.3 Å². The minimum Gasteiger partial charge on any atom is -0.341 e. The summed E-state index contributed by atoms with van der Waals surface area (Å²) >= 11 is 1.42. The van der Waals surface area contributed by atoms with E-state index in [9.17, 15) is 9.59 Å². The molecule has 0 saturated heterocycles. The van der Waals surface area contributed by atoms with Gasteiger partial charge in [-0.1, -0.05) is 35.1 Å². The van der Waals surface area contributed by atoms with Crippen molar-refractivity contribution in [2.75, 3.05) is 5.32 Å². The van der Waals surface area contributed by atoms with Gasteiger partial charge in [-0.15, -0.1) is 0 Å². The molecule has 3 aromatic rings. The van der Waals surface area contributed by atoms with Crippen molar-refractivity contribution < 1.29 is 9.59 Å². The number of carbonyl (C=O) groups excluding carboxylic acids is 2. The predicted molar refractivity (Wildman–Crippen MR) is 101 cm³/mol. The number of hydrogen-bond donors (Lipinski definition) is 2. The Labute approximate surface area is 150 Å². The van der Waals surface area contributed by atoms with Crippen molar-refractivity contribution in [3.05, 3.63) is 59.2 Å². The molecule has 0 unspecified atom stereocenters. The molecule has 1 aromatic heterocycles. The molecule has 2 aromatic carbocycles. The minimum absolute atomic E-state index is 0.272. The average molecular weight is 353 g/mol. The molecule has 0 radical (unpaired) electrons. The minimum atomic E-state index is -0.665. The van der Waals surface area contributed by atoms with Gasteiger partial charge in [0.05, 0.1) is 10.2 Å². The van der Waals surface area contributed by atoms with Crippen LogP contribution in [-0.4, -0.2) is 22.8 Å². The van der Waals surface area contributed by atoms with Crippen LogP contribution in [0.15, 0.2) is 42.5 Å². The fourth-order valence-corrected chi connectivity index (χ4v) is 3.40. The molecule has 0 bridgehead atoms. The molecule has 2 amide bonds. The Hall–Kier alpha value is -2.73. The zero-order valence-electron chi connectivity index (χ0n) is 14.3. The Bertz CT molecular complexity index is 949. The summed E-state index contributed by atoms with van der Waals surface area (Å²) in [5.41, 5.74) is 3.53. The maximum Gasteiger partial charge on any atom is 0.251 e. The van der Waals surface area contributed by atoms with Crippen LogP contribution in [0.1, 0.15) is 28.4 Å². The quantitative estimate of drug-likeness (QED) is 0.752. The van der Waals surface area contributed by atoms with Crippen molar-refractivity contribution in [3.63, 3.8) is 0 Å². The Morgan fingerprint density at radius 3 is 2.60 bits per heavy atom. The molecule has 6 heteroatoms. The summed E-state index contributed by atoms with van der Waals surface area (Å²) < 4.78 is 1.02. The lowest BCUT2D eigenvalue weighted by Crippen LogP contribution is -2.41. The molecule has 0 aliphatic rings. The normalized spacial score (nSPS) is 12.0. The summed E-state index contributed by atoms with van der Waals surface area (Å²) in [4.78, 5) is 29.0. The number of nitrogens with zero attached hydrogens (tertiary/aromatic N) is 1. The average Bonchev–Trinajstić information content (AvgIpc) is 2.95. The highest BCUT2D eigenvalue weighted by molar-refractivity contribution is 7.22. The number of benzene rings is 2. The number of carbonyl (C=O) groups is 2. The van der Waals surface area contributed by atoms with Gasteiger partial charge < -0.3 is 10.6 Å². The number of rotatable bonds is 4. The van der Waals surface area contributed by atoms with E-state index in [-0.39, 0.29) is 11.8 Å². The van der Waals surface area contributed by atoms with E-state index < -0.39 is 6.04 Å². The van der Waals surface area contributed by atoms with Crippen LogP contribution in [0.3, 0.4) is 0 Å². The summed E-state index contributed by atoms with van der Waals surface area (Å²) in [5.74, 6) is -0.567. The first-order valence-corrected chi connectivity index (χ1v) is 8.79. The number of aromatic nitrogens is 1. The Morgan fingerprint density at radius 2 is 1.84 bits per heavy atom. The van der Waals surface area contributed by atoms with Crippen LogP contribution < -0.4 is 10.6 Å². The van der Waals surface area contributed by atoms with Gasteiger partial charge in [-0.05, 0) is 50.6 Å². The third-order valence-electron chi connectivity index (χ3n) is 3.80. The topological polar surface area (TPSA) is 71.1 Å². The van der Waals surface area contributed by atoms with Gasteiger partial charge in [0.15, 0.2) is 5.13 Å². The van der Waals surface area contributed by atoms with Crippen LogP contribution in [0.25, 0.3) is 10.2 Å². The van der Waals surface area contributed by atoms with Crippen LogP contribution >= 0.6 is 11.3 Å². The largest absolute Gasteiger partial charge is 0.341 e. The summed E-state index contributed by atoms with van der Waals surface area (Å²) in [6, 6.07) is 12.5. The van der Waals surface area contributed by atoms with Crippen molar-refractivity contribution >= 4 is 38.5 Å². The van der Waals surface area contributed by atoms with Crippen molar-refractivity contribution in [1.29, 1.82) is 0 Å². The maximum absolute atomic E-state index is 12.3. The Kier molecular flexibility index (Phi) is 4.81. The molecule has 0 saturated carbocycles. The fourth-order valence-electron chi connectivity index (χ4n) is 2.43. The Balaban J connectivity index is 1.66. The first-order valence-electron chi connectivity index (χ1n) is 7.98. The van der Waals surface area contributed by atoms with E-state index in [0.717, 1.165) is 21.3 Å². The number of hydrogen-bond acceptors (Lipinski definition) is 4. The molecule has 2 N–H and O–H groups in total. The lowest BCUT2D eigenvalue weighted by molar-refractivity contribution is -0.117. The second-order valence-corrected chi connectivity index (χ2v) is 7.07. The third-order valence-corrected chi connectivity index (χ3v) is 4.73. The van der Waals surface area contributed by atoms with E-state index >= 15 is 0 Å². The fraction of sp³-hybridized carbons (Fsp3) is 0.211. The number of thiazole rings is 1. The summed E-state index contributed by atoms with van der Waals surface area (Å²) in [6.45, 7) is 5.59. The monoisotopic (exact) mass is 353 g/mol. The van der Waals surface area contributed by atoms with Gasteiger partial charge in [0.1, 0.15) is 6.04 Å². The van der Waals surface area contributed by atoms with E-state index in [1.807, 2.05) is 44.2 Å². The predicted octanol–water partition coefficient (Wildman–Crippen LogP) is 3.67. The van der Waals surface area contributed by atoms with Crippen molar-refractivity contribution in [2.45, 2.75) is 26.8 Å². The highest BCUT2D eigenvalue weighted by Crippen LogP contribution is 2.26. The lowest BCUT2D eigenvalue weighted by atomic mass is 10.1. The van der Waals surface area contributed by atoms with Gasteiger partial charge in [0, 0.05) is 5.56 Å². The van der Waals surface area contributed by atoms with Crippen molar-refractivity contribution in [2.24, 2.45) is 0 Å². The van der Waals surface area contributed by atoms with Gasteiger partial charge in [0.25, 0.3) is 5.91 Å². The van der Waals surface area contributed by atoms with Crippen LogP contribution in [0.4, 0.5) is 5.13 Å². The molecule has 0 fully saturated rings. The van der Waals surface area contributed by atoms with E-state index in [1.165, 1.54) is 11.3 Å². The first-order chi connectivity index (χ1) is 11.9. The third kappa shape index (κ3) is 4.03. The molecule has 128 valence electrons. The molecular formula is C19H19N3O2S. The summed E-state index contributed by atoms with van der Waals surface area (Å²) in [6.07, 6.45) is 0. The molecular weight excluding hydrogens is 334 g/mol. The number of amides is 2. The molecule has 0 spiro atoms. The second kappa shape index (κ2) is 7.03. The Morgan fingerprint density at radius 1 is 1.08 bits per heavy atom. The van der Waals surface area contributed by atoms with E-state index in [4.69, 9.17) is 0 Å². The lowest BCUT2D eigenvalue weighted by Gasteiger charge is -2.13. The standard InChI is InChI=1S/C19H19N3O2S/c1-11-5-4-6-14(9-11)18(24)20-13(3)17(23)22-19-21-15-8-7-12(2)10-16(15)25-19/h4-10,13H,1-3H3,(H,20,24)(H,21,22,23)/t13-/m0/s1. The highest BCUT2D eigenvalue weighted by Gasteiger charge is 2.18. The molecule has 3 rings (SSSR count). The highest BCUT2D eigenvalue weighted by atomic mass is 32.1. The first kappa shape index (κ1) is 17.1. The molecule has 1 heterocycles. The van der Waals surface area contributed by atoms with Crippen molar-refractivity contribution in [3.8, 4) is 0 Å². The van der Waals surface area contributed by atoms with Crippen LogP contribution in [0.2, 0.25) is 0 Å². The smallest absolute Gasteiger partial charge is 0.251 e. The van der Waals surface area contributed by atoms with Gasteiger partial charge in [-0.2, -0.15) is 0 Å². The number of fused-ring (bicyclic) bond motifs is 1. The second-order valence-electron chi connectivity index (χ2n) is 6.04.